The molecule has 2 aromatic rings. The monoisotopic (exact) mass is 278 g/mol. The number of benzene rings is 1. The van der Waals surface area contributed by atoms with Crippen molar-refractivity contribution in [3.05, 3.63) is 34.8 Å². The highest BCUT2D eigenvalue weighted by atomic mass is 32.1. The zero-order valence-electron chi connectivity index (χ0n) is 11.1. The van der Waals surface area contributed by atoms with E-state index in [1.54, 1.807) is 0 Å². The van der Waals surface area contributed by atoms with Crippen molar-refractivity contribution in [2.24, 2.45) is 5.84 Å². The Bertz CT molecular complexity index is 512. The molecule has 102 valence electrons. The van der Waals surface area contributed by atoms with Crippen LogP contribution in [0.5, 0.6) is 5.75 Å². The van der Waals surface area contributed by atoms with E-state index in [9.17, 15) is 0 Å². The molecule has 1 heterocycles. The topological polar surface area (TPSA) is 73.1 Å². The van der Waals surface area contributed by atoms with Crippen molar-refractivity contribution in [2.75, 3.05) is 5.43 Å². The first-order chi connectivity index (χ1) is 9.22. The molecule has 0 aliphatic heterocycles. The molecule has 3 N–H and O–H groups in total. The van der Waals surface area contributed by atoms with Gasteiger partial charge >= 0.3 is 0 Å². The van der Waals surface area contributed by atoms with Crippen LogP contribution in [0.2, 0.25) is 0 Å². The van der Waals surface area contributed by atoms with Crippen molar-refractivity contribution in [1.82, 2.24) is 10.2 Å². The van der Waals surface area contributed by atoms with E-state index in [1.807, 2.05) is 12.1 Å². The predicted molar refractivity (Wildman–Crippen MR) is 77.2 cm³/mol. The average molecular weight is 278 g/mol. The van der Waals surface area contributed by atoms with Crippen LogP contribution in [0.3, 0.4) is 0 Å². The van der Waals surface area contributed by atoms with Gasteiger partial charge in [-0.15, -0.1) is 10.2 Å². The lowest BCUT2D eigenvalue weighted by atomic mass is 9.99. The first-order valence-electron chi connectivity index (χ1n) is 6.24. The second kappa shape index (κ2) is 6.49. The predicted octanol–water partition coefficient (Wildman–Crippen LogP) is 2.92. The van der Waals surface area contributed by atoms with Crippen LogP contribution >= 0.6 is 11.3 Å². The smallest absolute Gasteiger partial charge is 0.219 e. The van der Waals surface area contributed by atoms with Gasteiger partial charge < -0.3 is 4.74 Å². The summed E-state index contributed by atoms with van der Waals surface area (Å²) >= 11 is 1.38. The number of nitrogen functional groups attached to an aromatic ring is 1. The molecule has 5 nitrogen and oxygen atoms in total. The van der Waals surface area contributed by atoms with E-state index in [2.05, 4.69) is 41.6 Å². The molecule has 6 heteroatoms. The molecule has 0 aliphatic rings. The van der Waals surface area contributed by atoms with Crippen LogP contribution in [0.4, 0.5) is 5.13 Å². The van der Waals surface area contributed by atoms with Crippen molar-refractivity contribution in [3.8, 4) is 5.75 Å². The third kappa shape index (κ3) is 3.65. The van der Waals surface area contributed by atoms with E-state index in [0.717, 1.165) is 17.2 Å². The van der Waals surface area contributed by atoms with Gasteiger partial charge in [0.05, 0.1) is 0 Å². The van der Waals surface area contributed by atoms with Gasteiger partial charge in [-0.3, -0.25) is 5.43 Å². The van der Waals surface area contributed by atoms with Crippen LogP contribution in [0.1, 0.15) is 36.8 Å². The van der Waals surface area contributed by atoms with Crippen LogP contribution in [0.25, 0.3) is 0 Å². The third-order valence-corrected chi connectivity index (χ3v) is 3.84. The Morgan fingerprint density at radius 1 is 1.32 bits per heavy atom. The molecule has 1 aromatic heterocycles. The summed E-state index contributed by atoms with van der Waals surface area (Å²) in [7, 11) is 0. The third-order valence-electron chi connectivity index (χ3n) is 3.01. The zero-order valence-corrected chi connectivity index (χ0v) is 11.9. The molecule has 0 aliphatic carbocycles. The minimum absolute atomic E-state index is 0.405. The molecule has 0 saturated carbocycles. The molecule has 1 unspecified atom stereocenters. The molecular weight excluding hydrogens is 260 g/mol. The Balaban J connectivity index is 1.92. The van der Waals surface area contributed by atoms with Gasteiger partial charge in [0.15, 0.2) is 5.01 Å². The SMILES string of the molecule is CCC(C)c1ccc(OCc2nnc(NN)s2)cc1. The second-order valence-corrected chi connectivity index (χ2v) is 5.37. The second-order valence-electron chi connectivity index (χ2n) is 4.31. The molecule has 1 aromatic carbocycles. The standard InChI is InChI=1S/C13H18N4OS/c1-3-9(2)10-4-6-11(7-5-10)18-8-12-16-17-13(15-14)19-12/h4-7,9H,3,8,14H2,1-2H3,(H,15,17). The van der Waals surface area contributed by atoms with Crippen molar-refractivity contribution in [1.29, 1.82) is 0 Å². The summed E-state index contributed by atoms with van der Waals surface area (Å²) in [6.07, 6.45) is 1.14. The summed E-state index contributed by atoms with van der Waals surface area (Å²) in [5, 5.41) is 9.19. The lowest BCUT2D eigenvalue weighted by Gasteiger charge is -2.10. The van der Waals surface area contributed by atoms with Crippen LogP contribution < -0.4 is 16.0 Å². The summed E-state index contributed by atoms with van der Waals surface area (Å²) in [5.74, 6) is 6.66. The summed E-state index contributed by atoms with van der Waals surface area (Å²) in [6, 6.07) is 8.20. The lowest BCUT2D eigenvalue weighted by Crippen LogP contribution is -2.05. The molecule has 1 atom stereocenters. The minimum Gasteiger partial charge on any atom is -0.486 e. The lowest BCUT2D eigenvalue weighted by molar-refractivity contribution is 0.304. The Kier molecular flexibility index (Phi) is 4.70. The van der Waals surface area contributed by atoms with Crippen molar-refractivity contribution in [3.63, 3.8) is 0 Å². The maximum atomic E-state index is 5.66. The van der Waals surface area contributed by atoms with Crippen molar-refractivity contribution < 1.29 is 4.74 Å². The van der Waals surface area contributed by atoms with E-state index >= 15 is 0 Å². The van der Waals surface area contributed by atoms with E-state index in [0.29, 0.717) is 17.7 Å². The van der Waals surface area contributed by atoms with E-state index < -0.39 is 0 Å². The first-order valence-corrected chi connectivity index (χ1v) is 7.06. The number of ether oxygens (including phenoxy) is 1. The quantitative estimate of drug-likeness (QED) is 0.628. The molecule has 0 radical (unpaired) electrons. The average Bonchev–Trinajstić information content (AvgIpc) is 2.93. The highest BCUT2D eigenvalue weighted by Gasteiger charge is 2.05. The number of anilines is 1. The molecule has 2 rings (SSSR count). The van der Waals surface area contributed by atoms with Gasteiger partial charge in [-0.25, -0.2) is 5.84 Å². The summed E-state index contributed by atoms with van der Waals surface area (Å²) < 4.78 is 5.66. The normalized spacial score (nSPS) is 12.2. The zero-order chi connectivity index (χ0) is 13.7. The summed E-state index contributed by atoms with van der Waals surface area (Å²) in [6.45, 7) is 4.81. The number of rotatable bonds is 6. The number of hydrogen-bond acceptors (Lipinski definition) is 6. The van der Waals surface area contributed by atoms with Crippen LogP contribution in [-0.4, -0.2) is 10.2 Å². The number of hydrazine groups is 1. The van der Waals surface area contributed by atoms with Gasteiger partial charge in [0.2, 0.25) is 5.13 Å². The van der Waals surface area contributed by atoms with E-state index in [4.69, 9.17) is 10.6 Å². The molecular formula is C13H18N4OS. The molecule has 0 bridgehead atoms. The van der Waals surface area contributed by atoms with Crippen molar-refractivity contribution >= 4 is 16.5 Å². The number of nitrogens with one attached hydrogen (secondary N) is 1. The fourth-order valence-corrected chi connectivity index (χ4v) is 2.21. The largest absolute Gasteiger partial charge is 0.486 e. The Hall–Kier alpha value is -1.66. The first kappa shape index (κ1) is 13.8. The minimum atomic E-state index is 0.405. The van der Waals surface area contributed by atoms with Crippen molar-refractivity contribution in [2.45, 2.75) is 32.8 Å². The highest BCUT2D eigenvalue weighted by Crippen LogP contribution is 2.22. The molecule has 19 heavy (non-hydrogen) atoms. The van der Waals surface area contributed by atoms with Gasteiger partial charge in [0.25, 0.3) is 0 Å². The van der Waals surface area contributed by atoms with Gasteiger partial charge in [0.1, 0.15) is 12.4 Å². The Morgan fingerprint density at radius 2 is 2.05 bits per heavy atom. The maximum absolute atomic E-state index is 5.66. The summed E-state index contributed by atoms with van der Waals surface area (Å²) in [4.78, 5) is 0. The Labute approximate surface area is 116 Å². The number of nitrogens with two attached hydrogens (primary N) is 1. The molecule has 0 spiro atoms. The van der Waals surface area contributed by atoms with Crippen LogP contribution in [0.15, 0.2) is 24.3 Å². The van der Waals surface area contributed by atoms with Gasteiger partial charge in [0, 0.05) is 0 Å². The van der Waals surface area contributed by atoms with Gasteiger partial charge in [-0.1, -0.05) is 37.3 Å². The summed E-state index contributed by atoms with van der Waals surface area (Å²) in [5.41, 5.74) is 3.79. The van der Waals surface area contributed by atoms with Crippen LogP contribution in [-0.2, 0) is 6.61 Å². The van der Waals surface area contributed by atoms with Crippen LogP contribution in [0, 0.1) is 0 Å². The van der Waals surface area contributed by atoms with Gasteiger partial charge in [-0.05, 0) is 30.0 Å². The Morgan fingerprint density at radius 3 is 2.63 bits per heavy atom. The number of nitrogens with zero attached hydrogens (tertiary/aromatic N) is 2. The molecule has 0 amide bonds. The fraction of sp³-hybridized carbons (Fsp3) is 0.385. The molecule has 0 fully saturated rings. The highest BCUT2D eigenvalue weighted by molar-refractivity contribution is 7.15. The van der Waals surface area contributed by atoms with E-state index in [1.165, 1.54) is 16.9 Å². The number of hydrogen-bond donors (Lipinski definition) is 2. The maximum Gasteiger partial charge on any atom is 0.219 e. The van der Waals surface area contributed by atoms with E-state index in [-0.39, 0.29) is 0 Å². The fourth-order valence-electron chi connectivity index (χ4n) is 1.64. The number of aromatic nitrogens is 2. The van der Waals surface area contributed by atoms with Gasteiger partial charge in [-0.2, -0.15) is 0 Å². The molecule has 0 saturated heterocycles.